The SMILES string of the molecule is Cc1cn(Cc2ccc(Cl)cc2Cl)c2c(-c3nnc(NC(=O)c4ccco4)o3)cc(F)cc12. The second kappa shape index (κ2) is 8.38. The lowest BCUT2D eigenvalue weighted by Gasteiger charge is -2.10. The maximum absolute atomic E-state index is 14.5. The van der Waals surface area contributed by atoms with Gasteiger partial charge in [-0.3, -0.25) is 10.1 Å². The second-order valence-corrected chi connectivity index (χ2v) is 8.21. The second-order valence-electron chi connectivity index (χ2n) is 7.37. The summed E-state index contributed by atoms with van der Waals surface area (Å²) in [5.41, 5.74) is 2.77. The van der Waals surface area contributed by atoms with Crippen LogP contribution >= 0.6 is 23.2 Å². The minimum atomic E-state index is -0.545. The number of furan rings is 1. The van der Waals surface area contributed by atoms with Gasteiger partial charge in [0.05, 0.1) is 17.3 Å². The highest BCUT2D eigenvalue weighted by atomic mass is 35.5. The predicted octanol–water partition coefficient (Wildman–Crippen LogP) is 6.34. The van der Waals surface area contributed by atoms with E-state index in [2.05, 4.69) is 15.5 Å². The fourth-order valence-corrected chi connectivity index (χ4v) is 4.12. The molecule has 10 heteroatoms. The van der Waals surface area contributed by atoms with Crippen molar-refractivity contribution in [1.29, 1.82) is 0 Å². The molecule has 0 fully saturated rings. The molecule has 3 aromatic heterocycles. The standard InChI is InChI=1S/C23H15Cl2FN4O3/c1-12-10-30(11-13-4-5-14(24)7-18(13)25)20-16(12)8-15(26)9-17(20)22-28-29-23(33-22)27-21(31)19-3-2-6-32-19/h2-10H,11H2,1H3,(H,27,29,31). The molecule has 7 nitrogen and oxygen atoms in total. The van der Waals surface area contributed by atoms with Crippen LogP contribution in [-0.4, -0.2) is 20.7 Å². The number of halogens is 3. The molecule has 0 aliphatic heterocycles. The van der Waals surface area contributed by atoms with Crippen LogP contribution in [0.4, 0.5) is 10.4 Å². The topological polar surface area (TPSA) is 86.1 Å². The van der Waals surface area contributed by atoms with E-state index in [1.165, 1.54) is 24.5 Å². The number of aryl methyl sites for hydroxylation is 1. The zero-order chi connectivity index (χ0) is 23.1. The molecule has 0 aliphatic rings. The average molecular weight is 485 g/mol. The van der Waals surface area contributed by atoms with Gasteiger partial charge in [-0.2, -0.15) is 0 Å². The largest absolute Gasteiger partial charge is 0.459 e. The van der Waals surface area contributed by atoms with Crippen LogP contribution in [0.5, 0.6) is 0 Å². The zero-order valence-corrected chi connectivity index (χ0v) is 18.6. The zero-order valence-electron chi connectivity index (χ0n) is 17.1. The van der Waals surface area contributed by atoms with Gasteiger partial charge in [0.1, 0.15) is 5.82 Å². The van der Waals surface area contributed by atoms with E-state index >= 15 is 0 Å². The highest BCUT2D eigenvalue weighted by molar-refractivity contribution is 6.35. The average Bonchev–Trinajstić information content (AvgIpc) is 3.51. The molecule has 1 amide bonds. The summed E-state index contributed by atoms with van der Waals surface area (Å²) >= 11 is 12.4. The van der Waals surface area contributed by atoms with Gasteiger partial charge < -0.3 is 13.4 Å². The molecule has 0 atom stereocenters. The van der Waals surface area contributed by atoms with E-state index in [1.807, 2.05) is 23.8 Å². The van der Waals surface area contributed by atoms with Crippen LogP contribution in [0.25, 0.3) is 22.4 Å². The van der Waals surface area contributed by atoms with Gasteiger partial charge in [-0.15, -0.1) is 5.10 Å². The minimum Gasteiger partial charge on any atom is -0.459 e. The quantitative estimate of drug-likeness (QED) is 0.314. The number of fused-ring (bicyclic) bond motifs is 1. The first-order chi connectivity index (χ1) is 15.9. The molecule has 0 radical (unpaired) electrons. The van der Waals surface area contributed by atoms with Crippen molar-refractivity contribution in [3.05, 3.63) is 87.7 Å². The van der Waals surface area contributed by atoms with Crippen LogP contribution in [0.15, 0.2) is 63.8 Å². The van der Waals surface area contributed by atoms with Crippen molar-refractivity contribution in [1.82, 2.24) is 14.8 Å². The van der Waals surface area contributed by atoms with Crippen LogP contribution in [0, 0.1) is 12.7 Å². The Morgan fingerprint density at radius 1 is 1.18 bits per heavy atom. The number of nitrogens with zero attached hydrogens (tertiary/aromatic N) is 3. The Bertz CT molecular complexity index is 1490. The Hall–Kier alpha value is -3.62. The van der Waals surface area contributed by atoms with E-state index in [-0.39, 0.29) is 17.7 Å². The maximum Gasteiger partial charge on any atom is 0.322 e. The van der Waals surface area contributed by atoms with E-state index in [0.29, 0.717) is 33.1 Å². The summed E-state index contributed by atoms with van der Waals surface area (Å²) in [5, 5.41) is 12.1. The number of hydrogen-bond acceptors (Lipinski definition) is 5. The molecule has 0 spiro atoms. The highest BCUT2D eigenvalue weighted by Gasteiger charge is 2.20. The first kappa shape index (κ1) is 21.2. The van der Waals surface area contributed by atoms with Gasteiger partial charge in [0.2, 0.25) is 0 Å². The van der Waals surface area contributed by atoms with E-state index in [1.54, 1.807) is 18.2 Å². The molecule has 0 saturated heterocycles. The molecule has 5 rings (SSSR count). The van der Waals surface area contributed by atoms with Gasteiger partial charge in [-0.25, -0.2) is 4.39 Å². The molecule has 0 unspecified atom stereocenters. The number of benzene rings is 2. The summed E-state index contributed by atoms with van der Waals surface area (Å²) in [7, 11) is 0. The molecule has 0 saturated carbocycles. The third kappa shape index (κ3) is 4.10. The number of rotatable bonds is 5. The van der Waals surface area contributed by atoms with Gasteiger partial charge in [-0.05, 0) is 54.4 Å². The number of carbonyl (C=O) groups excluding carboxylic acids is 1. The molecule has 0 aliphatic carbocycles. The van der Waals surface area contributed by atoms with E-state index < -0.39 is 11.7 Å². The first-order valence-corrected chi connectivity index (χ1v) is 10.6. The number of nitrogens with one attached hydrogen (secondary N) is 1. The predicted molar refractivity (Wildman–Crippen MR) is 122 cm³/mol. The number of hydrogen-bond donors (Lipinski definition) is 1. The molecule has 166 valence electrons. The van der Waals surface area contributed by atoms with Gasteiger partial charge in [0, 0.05) is 28.2 Å². The van der Waals surface area contributed by atoms with E-state index in [0.717, 1.165) is 11.1 Å². The van der Waals surface area contributed by atoms with Crippen LogP contribution < -0.4 is 5.32 Å². The monoisotopic (exact) mass is 484 g/mol. The summed E-state index contributed by atoms with van der Waals surface area (Å²) in [5.74, 6) is -0.860. The van der Waals surface area contributed by atoms with Crippen LogP contribution in [0.3, 0.4) is 0 Å². The summed E-state index contributed by atoms with van der Waals surface area (Å²) in [6.45, 7) is 2.30. The number of carbonyl (C=O) groups is 1. The summed E-state index contributed by atoms with van der Waals surface area (Å²) < 4.78 is 27.1. The maximum atomic E-state index is 14.5. The van der Waals surface area contributed by atoms with E-state index in [4.69, 9.17) is 32.0 Å². The van der Waals surface area contributed by atoms with Crippen molar-refractivity contribution in [2.45, 2.75) is 13.5 Å². The number of amides is 1. The molecule has 5 aromatic rings. The molecular weight excluding hydrogens is 470 g/mol. The lowest BCUT2D eigenvalue weighted by molar-refractivity contribution is 0.0994. The van der Waals surface area contributed by atoms with Crippen molar-refractivity contribution in [3.8, 4) is 11.5 Å². The van der Waals surface area contributed by atoms with Crippen molar-refractivity contribution >= 4 is 46.0 Å². The highest BCUT2D eigenvalue weighted by Crippen LogP contribution is 2.34. The lowest BCUT2D eigenvalue weighted by atomic mass is 10.1. The van der Waals surface area contributed by atoms with Crippen LogP contribution in [-0.2, 0) is 6.54 Å². The Morgan fingerprint density at radius 3 is 2.79 bits per heavy atom. The van der Waals surface area contributed by atoms with Crippen molar-refractivity contribution < 1.29 is 18.0 Å². The van der Waals surface area contributed by atoms with E-state index in [9.17, 15) is 9.18 Å². The van der Waals surface area contributed by atoms with Gasteiger partial charge in [0.15, 0.2) is 5.76 Å². The molecule has 1 N–H and O–H groups in total. The van der Waals surface area contributed by atoms with Crippen LogP contribution in [0.1, 0.15) is 21.7 Å². The lowest BCUT2D eigenvalue weighted by Crippen LogP contribution is -2.10. The fraction of sp³-hybridized carbons (Fsp3) is 0.0870. The third-order valence-corrected chi connectivity index (χ3v) is 5.70. The molecule has 2 aromatic carbocycles. The summed E-state index contributed by atoms with van der Waals surface area (Å²) in [6, 6.07) is 11.0. The van der Waals surface area contributed by atoms with Crippen molar-refractivity contribution in [2.75, 3.05) is 5.32 Å². The van der Waals surface area contributed by atoms with Gasteiger partial charge in [0.25, 0.3) is 11.8 Å². The normalized spacial score (nSPS) is 11.3. The molecule has 3 heterocycles. The number of anilines is 1. The minimum absolute atomic E-state index is 0.0517. The smallest absolute Gasteiger partial charge is 0.322 e. The molecule has 33 heavy (non-hydrogen) atoms. The Kier molecular flexibility index (Phi) is 5.39. The number of aromatic nitrogens is 3. The van der Waals surface area contributed by atoms with Crippen molar-refractivity contribution in [3.63, 3.8) is 0 Å². The van der Waals surface area contributed by atoms with Gasteiger partial charge in [-0.1, -0.05) is 34.4 Å². The summed E-state index contributed by atoms with van der Waals surface area (Å²) in [4.78, 5) is 12.2. The molecule has 0 bridgehead atoms. The Labute approximate surface area is 196 Å². The van der Waals surface area contributed by atoms with Crippen molar-refractivity contribution in [2.24, 2.45) is 0 Å². The van der Waals surface area contributed by atoms with Crippen LogP contribution in [0.2, 0.25) is 10.0 Å². The Balaban J connectivity index is 1.56. The van der Waals surface area contributed by atoms with Gasteiger partial charge >= 0.3 is 6.01 Å². The molecular formula is C23H15Cl2FN4O3. The summed E-state index contributed by atoms with van der Waals surface area (Å²) in [6.07, 6.45) is 3.27. The Morgan fingerprint density at radius 2 is 2.03 bits per heavy atom. The fourth-order valence-electron chi connectivity index (χ4n) is 3.65. The third-order valence-electron chi connectivity index (χ3n) is 5.11. The first-order valence-electron chi connectivity index (χ1n) is 9.80.